The molecule has 0 aromatic heterocycles. The number of amides is 2. The number of rotatable bonds is 11. The molecule has 0 fully saturated rings. The number of sulfonamides is 1. The fourth-order valence-electron chi connectivity index (χ4n) is 3.51. The summed E-state index contributed by atoms with van der Waals surface area (Å²) in [5.74, 6) is -0.599. The lowest BCUT2D eigenvalue weighted by Gasteiger charge is -2.32. The number of nitrogens with zero attached hydrogens (tertiary/aromatic N) is 2. The summed E-state index contributed by atoms with van der Waals surface area (Å²) in [6.07, 6.45) is 1.74. The second kappa shape index (κ2) is 12.3. The molecule has 2 rings (SSSR count). The highest BCUT2D eigenvalue weighted by Crippen LogP contribution is 2.33. The summed E-state index contributed by atoms with van der Waals surface area (Å²) < 4.78 is 31.7. The molecule has 2 aromatic carbocycles. The van der Waals surface area contributed by atoms with Gasteiger partial charge in [-0.3, -0.25) is 13.9 Å². The molecule has 192 valence electrons. The van der Waals surface area contributed by atoms with Gasteiger partial charge in [0.25, 0.3) is 0 Å². The Bertz CT molecular complexity index is 1160. The second-order valence-electron chi connectivity index (χ2n) is 8.59. The number of aryl methyl sites for hydroxylation is 1. The zero-order valence-electron chi connectivity index (χ0n) is 21.0. The number of methoxy groups -OCH3 is 1. The van der Waals surface area contributed by atoms with Gasteiger partial charge in [-0.15, -0.1) is 0 Å². The summed E-state index contributed by atoms with van der Waals surface area (Å²) in [6, 6.07) is 11.2. The minimum absolute atomic E-state index is 0.0656. The van der Waals surface area contributed by atoms with Crippen molar-refractivity contribution in [3.63, 3.8) is 0 Å². The van der Waals surface area contributed by atoms with Crippen LogP contribution < -0.4 is 14.4 Å². The van der Waals surface area contributed by atoms with Crippen LogP contribution in [0.4, 0.5) is 5.69 Å². The van der Waals surface area contributed by atoms with Gasteiger partial charge in [0.15, 0.2) is 0 Å². The van der Waals surface area contributed by atoms with Gasteiger partial charge in [0.2, 0.25) is 21.8 Å². The lowest BCUT2D eigenvalue weighted by molar-refractivity contribution is -0.139. The van der Waals surface area contributed by atoms with Crippen LogP contribution in [0.5, 0.6) is 5.75 Å². The van der Waals surface area contributed by atoms with Crippen LogP contribution in [-0.2, 0) is 26.2 Å². The maximum atomic E-state index is 13.6. The third-order valence-electron chi connectivity index (χ3n) is 5.69. The summed E-state index contributed by atoms with van der Waals surface area (Å²) in [5.41, 5.74) is 1.98. The fraction of sp³-hybridized carbons (Fsp3) is 0.440. The number of carbonyl (C=O) groups excluding carboxylic acids is 2. The molecule has 0 aliphatic heterocycles. The Balaban J connectivity index is 2.46. The number of halogens is 1. The van der Waals surface area contributed by atoms with E-state index in [9.17, 15) is 18.0 Å². The van der Waals surface area contributed by atoms with Crippen molar-refractivity contribution in [3.8, 4) is 5.75 Å². The lowest BCUT2D eigenvalue weighted by Crippen LogP contribution is -2.52. The van der Waals surface area contributed by atoms with E-state index in [2.05, 4.69) is 5.32 Å². The summed E-state index contributed by atoms with van der Waals surface area (Å²) in [5, 5.41) is 3.19. The largest absolute Gasteiger partial charge is 0.495 e. The summed E-state index contributed by atoms with van der Waals surface area (Å²) >= 11 is 6.12. The summed E-state index contributed by atoms with van der Waals surface area (Å²) in [4.78, 5) is 27.9. The predicted octanol–water partition coefficient (Wildman–Crippen LogP) is 3.76. The van der Waals surface area contributed by atoms with Crippen LogP contribution in [0.2, 0.25) is 5.02 Å². The molecule has 10 heteroatoms. The molecule has 1 N–H and O–H groups in total. The molecule has 0 spiro atoms. The summed E-state index contributed by atoms with van der Waals surface area (Å²) in [7, 11) is -2.49. The Kier molecular flexibility index (Phi) is 9.97. The van der Waals surface area contributed by atoms with Gasteiger partial charge in [0.05, 0.1) is 19.1 Å². The molecule has 0 aliphatic rings. The Hall–Kier alpha value is -2.78. The van der Waals surface area contributed by atoms with Crippen molar-refractivity contribution < 1.29 is 22.7 Å². The van der Waals surface area contributed by atoms with Crippen molar-refractivity contribution in [2.75, 3.05) is 24.2 Å². The molecule has 0 saturated heterocycles. The van der Waals surface area contributed by atoms with Gasteiger partial charge in [0.1, 0.15) is 18.3 Å². The van der Waals surface area contributed by atoms with E-state index in [0.29, 0.717) is 5.02 Å². The maximum Gasteiger partial charge on any atom is 0.244 e. The maximum absolute atomic E-state index is 13.6. The zero-order valence-corrected chi connectivity index (χ0v) is 22.6. The quantitative estimate of drug-likeness (QED) is 0.484. The highest BCUT2D eigenvalue weighted by Gasteiger charge is 2.31. The highest BCUT2D eigenvalue weighted by molar-refractivity contribution is 7.92. The van der Waals surface area contributed by atoms with Crippen LogP contribution in [-0.4, -0.2) is 57.1 Å². The first kappa shape index (κ1) is 28.5. The van der Waals surface area contributed by atoms with Crippen LogP contribution in [0.25, 0.3) is 0 Å². The molecule has 2 atom stereocenters. The standard InChI is InChI=1S/C25H34ClN3O5S/c1-7-18(3)27-25(31)19(4)28(15-20-10-8-9-17(2)13-20)24(30)16-29(35(6,32)33)22-14-21(26)11-12-23(22)34-5/h8-14,18-19H,7,15-16H2,1-6H3,(H,27,31)/t18-,19+/m0/s1. The number of benzene rings is 2. The first-order chi connectivity index (χ1) is 16.4. The molecule has 0 heterocycles. The van der Waals surface area contributed by atoms with Gasteiger partial charge in [0, 0.05) is 17.6 Å². The number of carbonyl (C=O) groups is 2. The molecule has 35 heavy (non-hydrogen) atoms. The average Bonchev–Trinajstić information content (AvgIpc) is 2.79. The van der Waals surface area contributed by atoms with Gasteiger partial charge in [-0.05, 0) is 51.0 Å². The number of anilines is 1. The van der Waals surface area contributed by atoms with Crippen molar-refractivity contribution in [1.82, 2.24) is 10.2 Å². The molecule has 0 bridgehead atoms. The third kappa shape index (κ3) is 7.86. The molecule has 0 aliphatic carbocycles. The van der Waals surface area contributed by atoms with E-state index in [1.165, 1.54) is 24.1 Å². The van der Waals surface area contributed by atoms with Gasteiger partial charge < -0.3 is 15.0 Å². The monoisotopic (exact) mass is 523 g/mol. The highest BCUT2D eigenvalue weighted by atomic mass is 35.5. The van der Waals surface area contributed by atoms with E-state index in [0.717, 1.165) is 28.1 Å². The SMILES string of the molecule is CC[C@H](C)NC(=O)[C@@H](C)N(Cc1cccc(C)c1)C(=O)CN(c1cc(Cl)ccc1OC)S(C)(=O)=O. The molecule has 2 aromatic rings. The second-order valence-corrected chi connectivity index (χ2v) is 10.9. The minimum atomic E-state index is -3.90. The Morgan fingerprint density at radius 2 is 1.83 bits per heavy atom. The average molecular weight is 524 g/mol. The third-order valence-corrected chi connectivity index (χ3v) is 7.05. The molecular formula is C25H34ClN3O5S. The van der Waals surface area contributed by atoms with Crippen molar-refractivity contribution in [3.05, 3.63) is 58.6 Å². The van der Waals surface area contributed by atoms with Crippen LogP contribution >= 0.6 is 11.6 Å². The molecular weight excluding hydrogens is 490 g/mol. The van der Waals surface area contributed by atoms with Crippen LogP contribution in [0.3, 0.4) is 0 Å². The number of nitrogens with one attached hydrogen (secondary N) is 1. The van der Waals surface area contributed by atoms with E-state index in [4.69, 9.17) is 16.3 Å². The van der Waals surface area contributed by atoms with Gasteiger partial charge in [-0.1, -0.05) is 48.4 Å². The smallest absolute Gasteiger partial charge is 0.244 e. The van der Waals surface area contributed by atoms with E-state index in [1.54, 1.807) is 13.0 Å². The molecule has 2 amide bonds. The van der Waals surface area contributed by atoms with Gasteiger partial charge in [-0.2, -0.15) is 0 Å². The van der Waals surface area contributed by atoms with Crippen molar-refractivity contribution in [2.24, 2.45) is 0 Å². The molecule has 0 saturated carbocycles. The first-order valence-corrected chi connectivity index (χ1v) is 13.6. The van der Waals surface area contributed by atoms with Crippen molar-refractivity contribution in [2.45, 2.75) is 52.7 Å². The topological polar surface area (TPSA) is 96.0 Å². The summed E-state index contributed by atoms with van der Waals surface area (Å²) in [6.45, 7) is 7.02. The zero-order chi connectivity index (χ0) is 26.3. The first-order valence-electron chi connectivity index (χ1n) is 11.3. The van der Waals surface area contributed by atoms with E-state index < -0.39 is 28.5 Å². The van der Waals surface area contributed by atoms with Crippen LogP contribution in [0, 0.1) is 6.92 Å². The molecule has 0 unspecified atom stereocenters. The van der Waals surface area contributed by atoms with Crippen molar-refractivity contribution in [1.29, 1.82) is 0 Å². The van der Waals surface area contributed by atoms with Crippen LogP contribution in [0.15, 0.2) is 42.5 Å². The number of ether oxygens (including phenoxy) is 1. The van der Waals surface area contributed by atoms with E-state index in [1.807, 2.05) is 45.0 Å². The van der Waals surface area contributed by atoms with E-state index in [-0.39, 0.29) is 29.9 Å². The van der Waals surface area contributed by atoms with E-state index >= 15 is 0 Å². The number of hydrogen-bond donors (Lipinski definition) is 1. The Morgan fingerprint density at radius 3 is 2.40 bits per heavy atom. The van der Waals surface area contributed by atoms with Crippen molar-refractivity contribution >= 4 is 39.1 Å². The van der Waals surface area contributed by atoms with Crippen LogP contribution in [0.1, 0.15) is 38.3 Å². The Morgan fingerprint density at radius 1 is 1.14 bits per heavy atom. The fourth-order valence-corrected chi connectivity index (χ4v) is 4.52. The molecule has 8 nitrogen and oxygen atoms in total. The Labute approximate surface area is 213 Å². The lowest BCUT2D eigenvalue weighted by atomic mass is 10.1. The number of hydrogen-bond acceptors (Lipinski definition) is 5. The van der Waals surface area contributed by atoms with Gasteiger partial charge in [-0.25, -0.2) is 8.42 Å². The van der Waals surface area contributed by atoms with Gasteiger partial charge >= 0.3 is 0 Å². The predicted molar refractivity (Wildman–Crippen MR) is 139 cm³/mol. The minimum Gasteiger partial charge on any atom is -0.495 e. The molecule has 0 radical (unpaired) electrons. The normalized spacial score (nSPS) is 13.0.